The van der Waals surface area contributed by atoms with Crippen molar-refractivity contribution in [3.05, 3.63) is 24.3 Å². The molecule has 0 radical (unpaired) electrons. The molecule has 1 saturated carbocycles. The Hall–Kier alpha value is -1.09. The van der Waals surface area contributed by atoms with E-state index >= 15 is 0 Å². The van der Waals surface area contributed by atoms with E-state index in [1.165, 1.54) is 19.3 Å². The third-order valence-corrected chi connectivity index (χ3v) is 4.23. The molecule has 0 N–H and O–H groups in total. The summed E-state index contributed by atoms with van der Waals surface area (Å²) >= 11 is 6.27. The van der Waals surface area contributed by atoms with Crippen molar-refractivity contribution in [2.75, 3.05) is 0 Å². The van der Waals surface area contributed by atoms with E-state index < -0.39 is 0 Å². The van der Waals surface area contributed by atoms with Crippen molar-refractivity contribution in [2.24, 2.45) is 5.41 Å². The molecule has 3 nitrogen and oxygen atoms in total. The SMILES string of the molecule is CC(Cl)c1nc2cnccc2n1CC1(C)CCC1. The molecule has 18 heavy (non-hydrogen) atoms. The Morgan fingerprint density at radius 1 is 1.50 bits per heavy atom. The van der Waals surface area contributed by atoms with Gasteiger partial charge in [0.25, 0.3) is 0 Å². The molecule has 0 bridgehead atoms. The van der Waals surface area contributed by atoms with Crippen LogP contribution in [0.3, 0.4) is 0 Å². The van der Waals surface area contributed by atoms with Gasteiger partial charge in [-0.25, -0.2) is 4.98 Å². The molecule has 1 fully saturated rings. The second-order valence-corrected chi connectivity index (χ2v) is 6.36. The Kier molecular flexibility index (Phi) is 2.81. The van der Waals surface area contributed by atoms with Crippen LogP contribution in [0, 0.1) is 5.41 Å². The van der Waals surface area contributed by atoms with E-state index in [1.54, 1.807) is 0 Å². The van der Waals surface area contributed by atoms with Crippen LogP contribution in [0.25, 0.3) is 11.0 Å². The van der Waals surface area contributed by atoms with Crippen LogP contribution in [-0.4, -0.2) is 14.5 Å². The molecule has 1 unspecified atom stereocenters. The van der Waals surface area contributed by atoms with Gasteiger partial charge in [0.1, 0.15) is 11.3 Å². The molecule has 2 aromatic rings. The van der Waals surface area contributed by atoms with E-state index in [2.05, 4.69) is 21.5 Å². The summed E-state index contributed by atoms with van der Waals surface area (Å²) in [4.78, 5) is 8.76. The van der Waals surface area contributed by atoms with Crippen LogP contribution in [0.5, 0.6) is 0 Å². The van der Waals surface area contributed by atoms with Crippen molar-refractivity contribution in [3.63, 3.8) is 0 Å². The number of hydrogen-bond donors (Lipinski definition) is 0. The monoisotopic (exact) mass is 263 g/mol. The summed E-state index contributed by atoms with van der Waals surface area (Å²) in [6.45, 7) is 5.35. The number of halogens is 1. The molecule has 2 aromatic heterocycles. The van der Waals surface area contributed by atoms with Crippen molar-refractivity contribution in [1.82, 2.24) is 14.5 Å². The first kappa shape index (κ1) is 12.0. The summed E-state index contributed by atoms with van der Waals surface area (Å²) in [5.74, 6) is 0.966. The zero-order valence-electron chi connectivity index (χ0n) is 10.9. The molecule has 3 rings (SSSR count). The van der Waals surface area contributed by atoms with Crippen LogP contribution < -0.4 is 0 Å². The lowest BCUT2D eigenvalue weighted by atomic mass is 9.70. The highest BCUT2D eigenvalue weighted by atomic mass is 35.5. The number of fused-ring (bicyclic) bond motifs is 1. The maximum Gasteiger partial charge on any atom is 0.127 e. The lowest BCUT2D eigenvalue weighted by Crippen LogP contribution is -2.31. The predicted octanol–water partition coefficient (Wildman–Crippen LogP) is 3.92. The van der Waals surface area contributed by atoms with Crippen LogP contribution in [0.2, 0.25) is 0 Å². The first-order valence-electron chi connectivity index (χ1n) is 6.53. The van der Waals surface area contributed by atoms with Crippen LogP contribution >= 0.6 is 11.6 Å². The van der Waals surface area contributed by atoms with Crippen molar-refractivity contribution < 1.29 is 0 Å². The van der Waals surface area contributed by atoms with Crippen LogP contribution in [-0.2, 0) is 6.54 Å². The van der Waals surface area contributed by atoms with Crippen LogP contribution in [0.4, 0.5) is 0 Å². The third-order valence-electron chi connectivity index (χ3n) is 4.04. The number of imidazole rings is 1. The zero-order valence-corrected chi connectivity index (χ0v) is 11.6. The smallest absolute Gasteiger partial charge is 0.127 e. The van der Waals surface area contributed by atoms with Gasteiger partial charge >= 0.3 is 0 Å². The highest BCUT2D eigenvalue weighted by molar-refractivity contribution is 6.20. The molecule has 0 aliphatic heterocycles. The van der Waals surface area contributed by atoms with Crippen molar-refractivity contribution in [1.29, 1.82) is 0 Å². The second-order valence-electron chi connectivity index (χ2n) is 5.70. The number of aromatic nitrogens is 3. The average molecular weight is 264 g/mol. The molecule has 0 amide bonds. The fourth-order valence-corrected chi connectivity index (χ4v) is 2.96. The van der Waals surface area contributed by atoms with Crippen molar-refractivity contribution in [3.8, 4) is 0 Å². The van der Waals surface area contributed by atoms with Crippen molar-refractivity contribution in [2.45, 2.75) is 45.0 Å². The molecule has 96 valence electrons. The minimum absolute atomic E-state index is 0.0684. The topological polar surface area (TPSA) is 30.7 Å². The minimum Gasteiger partial charge on any atom is -0.326 e. The standard InChI is InChI=1S/C14H18ClN3/c1-10(15)13-17-11-8-16-7-4-12(11)18(13)9-14(2)5-3-6-14/h4,7-8,10H,3,5-6,9H2,1-2H3. The molecule has 1 atom stereocenters. The van der Waals surface area contributed by atoms with E-state index in [-0.39, 0.29) is 5.38 Å². The fourth-order valence-electron chi connectivity index (χ4n) is 2.79. The van der Waals surface area contributed by atoms with E-state index in [0.29, 0.717) is 5.41 Å². The van der Waals surface area contributed by atoms with E-state index in [9.17, 15) is 0 Å². The summed E-state index contributed by atoms with van der Waals surface area (Å²) in [6.07, 6.45) is 7.59. The maximum absolute atomic E-state index is 6.27. The minimum atomic E-state index is -0.0684. The molecule has 1 aliphatic carbocycles. The van der Waals surface area contributed by atoms with E-state index in [0.717, 1.165) is 23.4 Å². The number of pyridine rings is 1. The molecule has 2 heterocycles. The largest absolute Gasteiger partial charge is 0.326 e. The summed E-state index contributed by atoms with van der Waals surface area (Å²) in [6, 6.07) is 2.03. The lowest BCUT2D eigenvalue weighted by Gasteiger charge is -2.39. The quantitative estimate of drug-likeness (QED) is 0.786. The molecule has 1 aliphatic rings. The summed E-state index contributed by atoms with van der Waals surface area (Å²) < 4.78 is 2.29. The Labute approximate surface area is 112 Å². The molecule has 0 aromatic carbocycles. The number of hydrogen-bond acceptors (Lipinski definition) is 2. The van der Waals surface area contributed by atoms with Gasteiger partial charge in [0, 0.05) is 12.7 Å². The molecule has 4 heteroatoms. The normalized spacial score (nSPS) is 19.7. The zero-order chi connectivity index (χ0) is 12.8. The molecular weight excluding hydrogens is 246 g/mol. The van der Waals surface area contributed by atoms with Crippen molar-refractivity contribution >= 4 is 22.6 Å². The maximum atomic E-state index is 6.27. The molecule has 0 saturated heterocycles. The summed E-state index contributed by atoms with van der Waals surface area (Å²) in [5.41, 5.74) is 2.51. The third kappa shape index (κ3) is 1.91. The molecule has 0 spiro atoms. The Morgan fingerprint density at radius 3 is 2.89 bits per heavy atom. The second kappa shape index (κ2) is 4.23. The summed E-state index contributed by atoms with van der Waals surface area (Å²) in [7, 11) is 0. The van der Waals surface area contributed by atoms with Gasteiger partial charge in [-0.15, -0.1) is 11.6 Å². The van der Waals surface area contributed by atoms with Gasteiger partial charge in [0.15, 0.2) is 0 Å². The van der Waals surface area contributed by atoms with Gasteiger partial charge in [-0.1, -0.05) is 13.3 Å². The number of alkyl halides is 1. The Bertz CT molecular complexity index is 569. The predicted molar refractivity (Wildman–Crippen MR) is 73.8 cm³/mol. The van der Waals surface area contributed by atoms with Crippen LogP contribution in [0.1, 0.15) is 44.3 Å². The highest BCUT2D eigenvalue weighted by Gasteiger charge is 2.33. The van der Waals surface area contributed by atoms with Gasteiger partial charge in [-0.2, -0.15) is 0 Å². The van der Waals surface area contributed by atoms with E-state index in [1.807, 2.05) is 25.4 Å². The van der Waals surface area contributed by atoms with Crippen LogP contribution in [0.15, 0.2) is 18.5 Å². The van der Waals surface area contributed by atoms with Gasteiger partial charge < -0.3 is 4.57 Å². The van der Waals surface area contributed by atoms with Gasteiger partial charge in [0.2, 0.25) is 0 Å². The number of nitrogens with zero attached hydrogens (tertiary/aromatic N) is 3. The lowest BCUT2D eigenvalue weighted by molar-refractivity contribution is 0.132. The highest BCUT2D eigenvalue weighted by Crippen LogP contribution is 2.43. The Morgan fingerprint density at radius 2 is 2.28 bits per heavy atom. The fraction of sp³-hybridized carbons (Fsp3) is 0.571. The van der Waals surface area contributed by atoms with E-state index in [4.69, 9.17) is 11.6 Å². The first-order valence-corrected chi connectivity index (χ1v) is 6.97. The van der Waals surface area contributed by atoms with Gasteiger partial charge in [-0.05, 0) is 31.2 Å². The molecular formula is C14H18ClN3. The average Bonchev–Trinajstić information content (AvgIpc) is 2.66. The van der Waals surface area contributed by atoms with Gasteiger partial charge in [0.05, 0.1) is 17.1 Å². The number of rotatable bonds is 3. The first-order chi connectivity index (χ1) is 8.59. The van der Waals surface area contributed by atoms with Gasteiger partial charge in [-0.3, -0.25) is 4.98 Å². The Balaban J connectivity index is 2.09. The summed E-state index contributed by atoms with van der Waals surface area (Å²) in [5, 5.41) is -0.0684.